The molecular weight excluding hydrogens is 292 g/mol. The van der Waals surface area contributed by atoms with Crippen LogP contribution in [0.5, 0.6) is 0 Å². The zero-order valence-electron chi connectivity index (χ0n) is 12.9. The number of furan rings is 1. The smallest absolute Gasteiger partial charge is 0.290 e. The number of hydrogen-bond donors (Lipinski definition) is 0. The maximum atomic E-state index is 12.9. The average Bonchev–Trinajstić information content (AvgIpc) is 3.15. The first-order valence-electron chi connectivity index (χ1n) is 7.69. The second-order valence-electron chi connectivity index (χ2n) is 5.84. The molecule has 0 saturated heterocycles. The molecule has 0 spiro atoms. The number of para-hydroxylation sites is 1. The lowest BCUT2D eigenvalue weighted by Crippen LogP contribution is -2.36. The van der Waals surface area contributed by atoms with Crippen molar-refractivity contribution in [2.24, 2.45) is 0 Å². The van der Waals surface area contributed by atoms with E-state index in [1.165, 1.54) is 0 Å². The topological polar surface area (TPSA) is 47.6 Å². The van der Waals surface area contributed by atoms with Crippen molar-refractivity contribution in [3.05, 3.63) is 60.1 Å². The molecule has 0 bridgehead atoms. The third kappa shape index (κ3) is 2.53. The van der Waals surface area contributed by atoms with E-state index >= 15 is 0 Å². The van der Waals surface area contributed by atoms with Crippen molar-refractivity contribution in [2.75, 3.05) is 13.7 Å². The Morgan fingerprint density at radius 1 is 1.22 bits per heavy atom. The summed E-state index contributed by atoms with van der Waals surface area (Å²) < 4.78 is 13.4. The van der Waals surface area contributed by atoms with Gasteiger partial charge in [0.05, 0.1) is 19.2 Å². The fraction of sp³-hybridized carbons (Fsp3) is 0.278. The van der Waals surface area contributed by atoms with E-state index in [-0.39, 0.29) is 12.0 Å². The largest absolute Gasteiger partial charge is 0.451 e. The normalized spacial score (nSPS) is 18.0. The van der Waals surface area contributed by atoms with Crippen LogP contribution in [0.4, 0.5) is 0 Å². The zero-order chi connectivity index (χ0) is 15.8. The third-order valence-electron chi connectivity index (χ3n) is 4.36. The number of benzene rings is 1. The first kappa shape index (κ1) is 14.1. The Balaban J connectivity index is 1.66. The molecule has 3 aromatic rings. The Labute approximate surface area is 134 Å². The molecule has 5 nitrogen and oxygen atoms in total. The molecule has 0 unspecified atom stereocenters. The molecule has 0 saturated carbocycles. The fourth-order valence-electron chi connectivity index (χ4n) is 3.10. The molecular formula is C18H18N2O3. The van der Waals surface area contributed by atoms with Crippen LogP contribution in [0, 0.1) is 0 Å². The van der Waals surface area contributed by atoms with Gasteiger partial charge in [0.15, 0.2) is 5.76 Å². The summed E-state index contributed by atoms with van der Waals surface area (Å²) in [6.45, 7) is 1.86. The first-order valence-corrected chi connectivity index (χ1v) is 7.69. The fourth-order valence-corrected chi connectivity index (χ4v) is 3.10. The van der Waals surface area contributed by atoms with Gasteiger partial charge in [0.2, 0.25) is 0 Å². The number of carbonyl (C=O) groups excluding carboxylic acids is 1. The number of fused-ring (bicyclic) bond motifs is 2. The van der Waals surface area contributed by atoms with Crippen LogP contribution in [0.1, 0.15) is 16.2 Å². The van der Waals surface area contributed by atoms with Crippen LogP contribution < -0.4 is 0 Å². The molecule has 5 heteroatoms. The number of methoxy groups -OCH3 is 1. The molecule has 23 heavy (non-hydrogen) atoms. The van der Waals surface area contributed by atoms with Gasteiger partial charge >= 0.3 is 0 Å². The van der Waals surface area contributed by atoms with E-state index in [1.54, 1.807) is 12.0 Å². The molecule has 4 rings (SSSR count). The molecule has 1 atom stereocenters. The van der Waals surface area contributed by atoms with Gasteiger partial charge in [-0.25, -0.2) is 0 Å². The minimum Gasteiger partial charge on any atom is -0.451 e. The van der Waals surface area contributed by atoms with Crippen LogP contribution in [-0.2, 0) is 17.8 Å². The molecule has 0 fully saturated rings. The van der Waals surface area contributed by atoms with Crippen LogP contribution >= 0.6 is 0 Å². The Kier molecular flexibility index (Phi) is 3.42. The second-order valence-corrected chi connectivity index (χ2v) is 5.84. The number of hydrogen-bond acceptors (Lipinski definition) is 3. The number of nitrogens with zero attached hydrogens (tertiary/aromatic N) is 2. The van der Waals surface area contributed by atoms with E-state index in [2.05, 4.69) is 4.57 Å². The highest BCUT2D eigenvalue weighted by Crippen LogP contribution is 2.22. The van der Waals surface area contributed by atoms with Crippen LogP contribution in [-0.4, -0.2) is 35.1 Å². The molecule has 1 aromatic carbocycles. The van der Waals surface area contributed by atoms with Gasteiger partial charge in [-0.3, -0.25) is 4.79 Å². The van der Waals surface area contributed by atoms with E-state index in [1.807, 2.05) is 48.7 Å². The number of aromatic nitrogens is 1. The molecule has 2 aromatic heterocycles. The Hall–Kier alpha value is -2.53. The summed E-state index contributed by atoms with van der Waals surface area (Å²) in [5.41, 5.74) is 1.84. The monoisotopic (exact) mass is 310 g/mol. The molecule has 0 aliphatic carbocycles. The number of amides is 1. The van der Waals surface area contributed by atoms with Crippen LogP contribution in [0.3, 0.4) is 0 Å². The summed E-state index contributed by atoms with van der Waals surface area (Å²) in [4.78, 5) is 14.7. The predicted octanol–water partition coefficient (Wildman–Crippen LogP) is 2.91. The van der Waals surface area contributed by atoms with Crippen LogP contribution in [0.25, 0.3) is 11.0 Å². The van der Waals surface area contributed by atoms with Crippen molar-refractivity contribution < 1.29 is 13.9 Å². The number of rotatable bonds is 2. The lowest BCUT2D eigenvalue weighted by Gasteiger charge is -2.22. The van der Waals surface area contributed by atoms with Gasteiger partial charge in [0.1, 0.15) is 5.58 Å². The average molecular weight is 310 g/mol. The predicted molar refractivity (Wildman–Crippen MR) is 86.2 cm³/mol. The van der Waals surface area contributed by atoms with Crippen molar-refractivity contribution in [3.8, 4) is 0 Å². The van der Waals surface area contributed by atoms with E-state index in [9.17, 15) is 4.79 Å². The molecule has 0 N–H and O–H groups in total. The summed E-state index contributed by atoms with van der Waals surface area (Å²) in [7, 11) is 1.68. The van der Waals surface area contributed by atoms with Crippen LogP contribution in [0.15, 0.2) is 53.1 Å². The lowest BCUT2D eigenvalue weighted by molar-refractivity contribution is 0.0440. The van der Waals surface area contributed by atoms with Gasteiger partial charge in [-0.15, -0.1) is 0 Å². The van der Waals surface area contributed by atoms with E-state index in [0.717, 1.165) is 23.2 Å². The standard InChI is InChI=1S/C18H18N2O3/c1-22-15-11-19-8-4-6-14(19)10-20(12-15)18(21)17-9-13-5-2-3-7-16(13)23-17/h2-9,15H,10-12H2,1H3/t15-/m1/s1. The van der Waals surface area contributed by atoms with E-state index < -0.39 is 0 Å². The number of ether oxygens (including phenoxy) is 1. The van der Waals surface area contributed by atoms with Crippen molar-refractivity contribution in [3.63, 3.8) is 0 Å². The highest BCUT2D eigenvalue weighted by Gasteiger charge is 2.27. The first-order chi connectivity index (χ1) is 11.2. The maximum absolute atomic E-state index is 12.9. The second kappa shape index (κ2) is 5.59. The molecule has 118 valence electrons. The quantitative estimate of drug-likeness (QED) is 0.731. The summed E-state index contributed by atoms with van der Waals surface area (Å²) in [5, 5.41) is 0.942. The number of carbonyl (C=O) groups is 1. The third-order valence-corrected chi connectivity index (χ3v) is 4.36. The van der Waals surface area contributed by atoms with Crippen molar-refractivity contribution in [1.82, 2.24) is 9.47 Å². The summed E-state index contributed by atoms with van der Waals surface area (Å²) in [6.07, 6.45) is 1.99. The van der Waals surface area contributed by atoms with Gasteiger partial charge in [0, 0.05) is 30.9 Å². The lowest BCUT2D eigenvalue weighted by atomic mass is 10.2. The van der Waals surface area contributed by atoms with Gasteiger partial charge in [-0.2, -0.15) is 0 Å². The molecule has 3 heterocycles. The SMILES string of the molecule is CO[C@H]1CN(C(=O)c2cc3ccccc3o2)Cc2cccn2C1. The van der Waals surface area contributed by atoms with E-state index in [4.69, 9.17) is 9.15 Å². The zero-order valence-corrected chi connectivity index (χ0v) is 12.9. The van der Waals surface area contributed by atoms with Gasteiger partial charge in [-0.05, 0) is 24.3 Å². The minimum absolute atomic E-state index is 0.0306. The Morgan fingerprint density at radius 2 is 2.09 bits per heavy atom. The minimum atomic E-state index is -0.0992. The van der Waals surface area contributed by atoms with Gasteiger partial charge in [-0.1, -0.05) is 18.2 Å². The highest BCUT2D eigenvalue weighted by atomic mass is 16.5. The molecule has 1 aliphatic rings. The molecule has 0 radical (unpaired) electrons. The Bertz CT molecular complexity index is 816. The summed E-state index contributed by atoms with van der Waals surface area (Å²) in [5.74, 6) is 0.277. The van der Waals surface area contributed by atoms with Crippen LogP contribution in [0.2, 0.25) is 0 Å². The molecule has 1 amide bonds. The summed E-state index contributed by atoms with van der Waals surface area (Å²) in [6, 6.07) is 13.5. The highest BCUT2D eigenvalue weighted by molar-refractivity contribution is 5.96. The summed E-state index contributed by atoms with van der Waals surface area (Å²) >= 11 is 0. The van der Waals surface area contributed by atoms with Crippen molar-refractivity contribution >= 4 is 16.9 Å². The van der Waals surface area contributed by atoms with E-state index in [0.29, 0.717) is 18.8 Å². The van der Waals surface area contributed by atoms with Gasteiger partial charge < -0.3 is 18.6 Å². The van der Waals surface area contributed by atoms with Crippen molar-refractivity contribution in [2.45, 2.75) is 19.2 Å². The van der Waals surface area contributed by atoms with Crippen molar-refractivity contribution in [1.29, 1.82) is 0 Å². The Morgan fingerprint density at radius 3 is 2.91 bits per heavy atom. The maximum Gasteiger partial charge on any atom is 0.290 e. The molecule has 1 aliphatic heterocycles. The van der Waals surface area contributed by atoms with Gasteiger partial charge in [0.25, 0.3) is 5.91 Å².